The van der Waals surface area contributed by atoms with Crippen LogP contribution in [0, 0.1) is 0 Å². The number of nitrogens with one attached hydrogen (secondary N) is 1. The average molecular weight is 518 g/mol. The zero-order valence-electron chi connectivity index (χ0n) is 21.8. The van der Waals surface area contributed by atoms with Crippen molar-refractivity contribution in [3.8, 4) is 11.1 Å². The highest BCUT2D eigenvalue weighted by molar-refractivity contribution is 5.86. The molecule has 0 aliphatic heterocycles. The maximum absolute atomic E-state index is 12.6. The van der Waals surface area contributed by atoms with Crippen molar-refractivity contribution in [3.05, 3.63) is 83.6 Å². The van der Waals surface area contributed by atoms with Gasteiger partial charge in [0.2, 0.25) is 0 Å². The lowest BCUT2D eigenvalue weighted by molar-refractivity contribution is -0.139. The number of pyridine rings is 1. The van der Waals surface area contributed by atoms with Crippen molar-refractivity contribution in [2.45, 2.75) is 44.8 Å². The van der Waals surface area contributed by atoms with Crippen LogP contribution in [0.1, 0.15) is 43.4 Å². The molecule has 9 nitrogen and oxygen atoms in total. The fourth-order valence-corrected chi connectivity index (χ4v) is 4.41. The van der Waals surface area contributed by atoms with E-state index in [1.807, 2.05) is 48.5 Å². The zero-order valence-corrected chi connectivity index (χ0v) is 21.8. The van der Waals surface area contributed by atoms with Crippen LogP contribution >= 0.6 is 0 Å². The van der Waals surface area contributed by atoms with Gasteiger partial charge < -0.3 is 19.9 Å². The van der Waals surface area contributed by atoms with Crippen LogP contribution in [0.25, 0.3) is 11.1 Å². The minimum absolute atomic E-state index is 0.0305. The maximum Gasteiger partial charge on any atom is 0.415 e. The lowest BCUT2D eigenvalue weighted by Crippen LogP contribution is -2.43. The predicted molar refractivity (Wildman–Crippen MR) is 142 cm³/mol. The number of carboxylic acids is 1. The number of carbonyl (C=O) groups excluding carboxylic acids is 2. The van der Waals surface area contributed by atoms with Gasteiger partial charge >= 0.3 is 18.2 Å². The highest BCUT2D eigenvalue weighted by Crippen LogP contribution is 2.44. The number of fused-ring (bicyclic) bond motifs is 3. The number of benzene rings is 2. The number of hydrogen-bond acceptors (Lipinski definition) is 6. The Balaban J connectivity index is 1.40. The Hall–Kier alpha value is -4.40. The Kier molecular flexibility index (Phi) is 7.66. The first kappa shape index (κ1) is 26.7. The second-order valence-corrected chi connectivity index (χ2v) is 10.1. The van der Waals surface area contributed by atoms with Gasteiger partial charge in [0.05, 0.1) is 0 Å². The summed E-state index contributed by atoms with van der Waals surface area (Å²) in [5.41, 5.74) is 4.22. The average Bonchev–Trinajstić information content (AvgIpc) is 3.19. The number of hydrogen-bond donors (Lipinski definition) is 2. The minimum atomic E-state index is -1.24. The topological polar surface area (TPSA) is 118 Å². The van der Waals surface area contributed by atoms with Crippen LogP contribution in [-0.2, 0) is 20.7 Å². The fraction of sp³-hybridized carbons (Fsp3) is 0.310. The number of ether oxygens (including phenoxy) is 2. The molecule has 0 spiro atoms. The number of rotatable bonds is 7. The third-order valence-corrected chi connectivity index (χ3v) is 6.19. The van der Waals surface area contributed by atoms with E-state index in [9.17, 15) is 19.5 Å². The number of alkyl carbamates (subject to hydrolysis) is 1. The Morgan fingerprint density at radius 2 is 1.63 bits per heavy atom. The molecule has 3 aromatic rings. The van der Waals surface area contributed by atoms with Gasteiger partial charge in [0.25, 0.3) is 0 Å². The van der Waals surface area contributed by atoms with Crippen LogP contribution in [0.2, 0.25) is 0 Å². The molecule has 0 unspecified atom stereocenters. The van der Waals surface area contributed by atoms with Crippen molar-refractivity contribution in [2.75, 3.05) is 18.6 Å². The third kappa shape index (κ3) is 6.11. The van der Waals surface area contributed by atoms with E-state index >= 15 is 0 Å². The monoisotopic (exact) mass is 517 g/mol. The first-order chi connectivity index (χ1) is 18.0. The summed E-state index contributed by atoms with van der Waals surface area (Å²) in [6.07, 6.45) is 0.0303. The molecule has 4 rings (SSSR count). The summed E-state index contributed by atoms with van der Waals surface area (Å²) in [7, 11) is 1.52. The molecule has 0 bridgehead atoms. The van der Waals surface area contributed by atoms with Gasteiger partial charge in [-0.25, -0.2) is 19.4 Å². The predicted octanol–water partition coefficient (Wildman–Crippen LogP) is 4.99. The van der Waals surface area contributed by atoms with E-state index in [1.54, 1.807) is 32.9 Å². The number of anilines is 1. The van der Waals surface area contributed by atoms with E-state index < -0.39 is 29.8 Å². The number of aromatic nitrogens is 1. The highest BCUT2D eigenvalue weighted by atomic mass is 16.6. The van der Waals surface area contributed by atoms with Gasteiger partial charge in [-0.05, 0) is 60.7 Å². The molecule has 1 aromatic heterocycles. The van der Waals surface area contributed by atoms with Crippen LogP contribution in [0.15, 0.2) is 66.9 Å². The molecule has 0 saturated heterocycles. The van der Waals surface area contributed by atoms with E-state index in [1.165, 1.54) is 18.1 Å². The van der Waals surface area contributed by atoms with Crippen LogP contribution in [0.5, 0.6) is 0 Å². The summed E-state index contributed by atoms with van der Waals surface area (Å²) >= 11 is 0. The first-order valence-electron chi connectivity index (χ1n) is 12.3. The quantitative estimate of drug-likeness (QED) is 0.453. The van der Waals surface area contributed by atoms with Gasteiger partial charge in [-0.15, -0.1) is 0 Å². The van der Waals surface area contributed by atoms with Crippen molar-refractivity contribution in [2.24, 2.45) is 0 Å². The summed E-state index contributed by atoms with van der Waals surface area (Å²) in [4.78, 5) is 42.4. The summed E-state index contributed by atoms with van der Waals surface area (Å²) in [6, 6.07) is 17.9. The molecule has 1 aliphatic rings. The molecule has 1 aliphatic carbocycles. The van der Waals surface area contributed by atoms with Crippen molar-refractivity contribution in [1.29, 1.82) is 0 Å². The minimum Gasteiger partial charge on any atom is -0.480 e. The van der Waals surface area contributed by atoms with Crippen LogP contribution in [0.3, 0.4) is 0 Å². The van der Waals surface area contributed by atoms with Gasteiger partial charge in [0.15, 0.2) is 0 Å². The summed E-state index contributed by atoms with van der Waals surface area (Å²) in [5.74, 6) is -1.05. The highest BCUT2D eigenvalue weighted by Gasteiger charge is 2.30. The van der Waals surface area contributed by atoms with Crippen LogP contribution in [0.4, 0.5) is 15.4 Å². The molecular weight excluding hydrogens is 486 g/mol. The molecule has 0 fully saturated rings. The molecule has 9 heteroatoms. The van der Waals surface area contributed by atoms with Gasteiger partial charge in [-0.2, -0.15) is 0 Å². The molecule has 1 atom stereocenters. The van der Waals surface area contributed by atoms with Gasteiger partial charge in [0, 0.05) is 25.6 Å². The van der Waals surface area contributed by atoms with E-state index in [0.29, 0.717) is 11.4 Å². The summed E-state index contributed by atoms with van der Waals surface area (Å²) in [6.45, 7) is 5.35. The molecule has 0 saturated carbocycles. The Morgan fingerprint density at radius 3 is 2.21 bits per heavy atom. The molecule has 198 valence electrons. The summed E-state index contributed by atoms with van der Waals surface area (Å²) < 4.78 is 10.9. The molecule has 2 amide bonds. The molecule has 1 heterocycles. The van der Waals surface area contributed by atoms with Crippen molar-refractivity contribution < 1.29 is 29.0 Å². The molecule has 2 aromatic carbocycles. The molecule has 0 radical (unpaired) electrons. The third-order valence-electron chi connectivity index (χ3n) is 6.19. The standard InChI is InChI=1S/C29H31N3O6/c1-29(2,3)38-28(36)32(4)25-16-18(13-14-30-25)15-24(26(33)34)31-27(35)37-17-23-21-11-7-5-9-19(21)20-10-6-8-12-22(20)23/h5-14,16,23-24H,15,17H2,1-4H3,(H,31,35)(H,33,34)/t24-/m1/s1. The molecule has 2 N–H and O–H groups in total. The Labute approximate surface area is 221 Å². The number of carboxylic acid groups (broad SMARTS) is 1. The zero-order chi connectivity index (χ0) is 27.4. The summed E-state index contributed by atoms with van der Waals surface area (Å²) in [5, 5.41) is 12.2. The lowest BCUT2D eigenvalue weighted by atomic mass is 9.98. The Morgan fingerprint density at radius 1 is 1.03 bits per heavy atom. The lowest BCUT2D eigenvalue weighted by Gasteiger charge is -2.24. The molecular formula is C29H31N3O6. The van der Waals surface area contributed by atoms with Gasteiger partial charge in [-0.1, -0.05) is 48.5 Å². The number of aliphatic carboxylic acids is 1. The molecule has 38 heavy (non-hydrogen) atoms. The van der Waals surface area contributed by atoms with Gasteiger partial charge in [-0.3, -0.25) is 4.90 Å². The van der Waals surface area contributed by atoms with E-state index in [2.05, 4.69) is 10.3 Å². The van der Waals surface area contributed by atoms with E-state index in [0.717, 1.165) is 22.3 Å². The number of nitrogens with zero attached hydrogens (tertiary/aromatic N) is 2. The second-order valence-electron chi connectivity index (χ2n) is 10.1. The van der Waals surface area contributed by atoms with Crippen LogP contribution in [-0.4, -0.2) is 53.5 Å². The maximum atomic E-state index is 12.6. The SMILES string of the molecule is CN(C(=O)OC(C)(C)C)c1cc(C[C@@H](NC(=O)OCC2c3ccccc3-c3ccccc32)C(=O)O)ccn1. The number of amides is 2. The van der Waals surface area contributed by atoms with E-state index in [-0.39, 0.29) is 18.9 Å². The smallest absolute Gasteiger partial charge is 0.415 e. The largest absolute Gasteiger partial charge is 0.480 e. The number of carbonyl (C=O) groups is 3. The normalized spacial score (nSPS) is 13.2. The van der Waals surface area contributed by atoms with Crippen molar-refractivity contribution in [1.82, 2.24) is 10.3 Å². The van der Waals surface area contributed by atoms with Crippen molar-refractivity contribution >= 4 is 24.0 Å². The Bertz CT molecular complexity index is 1300. The van der Waals surface area contributed by atoms with Crippen molar-refractivity contribution in [3.63, 3.8) is 0 Å². The van der Waals surface area contributed by atoms with E-state index in [4.69, 9.17) is 9.47 Å². The van der Waals surface area contributed by atoms with Crippen LogP contribution < -0.4 is 10.2 Å². The second kappa shape index (κ2) is 10.9. The first-order valence-corrected chi connectivity index (χ1v) is 12.3. The fourth-order valence-electron chi connectivity index (χ4n) is 4.41. The van der Waals surface area contributed by atoms with Gasteiger partial charge in [0.1, 0.15) is 24.1 Å².